The summed E-state index contributed by atoms with van der Waals surface area (Å²) in [5, 5.41) is 8.64. The predicted octanol–water partition coefficient (Wildman–Crippen LogP) is 3.33. The van der Waals surface area contributed by atoms with Gasteiger partial charge in [0.2, 0.25) is 0 Å². The van der Waals surface area contributed by atoms with Crippen molar-refractivity contribution in [3.8, 4) is 11.5 Å². The summed E-state index contributed by atoms with van der Waals surface area (Å²) in [6.07, 6.45) is -5.10. The van der Waals surface area contributed by atoms with Crippen molar-refractivity contribution in [2.24, 2.45) is 0 Å². The number of ether oxygens (including phenoxy) is 2. The molecule has 0 spiro atoms. The summed E-state index contributed by atoms with van der Waals surface area (Å²) in [7, 11) is 0. The van der Waals surface area contributed by atoms with Crippen molar-refractivity contribution in [1.82, 2.24) is 0 Å². The number of hydrogen-bond donors (Lipinski definition) is 1. The van der Waals surface area contributed by atoms with Crippen LogP contribution in [0, 0.1) is 0 Å². The second-order valence-corrected chi connectivity index (χ2v) is 3.41. The van der Waals surface area contributed by atoms with Crippen molar-refractivity contribution in [2.45, 2.75) is 19.6 Å². The molecule has 0 saturated carbocycles. The normalized spacial score (nSPS) is 11.8. The van der Waals surface area contributed by atoms with Gasteiger partial charge < -0.3 is 14.6 Å². The number of rotatable bonds is 4. The summed E-state index contributed by atoms with van der Waals surface area (Å²) in [5.74, 6) is -1.95. The van der Waals surface area contributed by atoms with Crippen LogP contribution < -0.4 is 9.47 Å². The number of benzene rings is 1. The van der Waals surface area contributed by atoms with Gasteiger partial charge in [0, 0.05) is 16.7 Å². The van der Waals surface area contributed by atoms with Gasteiger partial charge >= 0.3 is 13.0 Å². The zero-order valence-electron chi connectivity index (χ0n) is 8.47. The molecule has 0 heterocycles. The molecule has 0 radical (unpaired) electrons. The van der Waals surface area contributed by atoms with E-state index in [1.54, 1.807) is 0 Å². The third-order valence-electron chi connectivity index (χ3n) is 1.70. The van der Waals surface area contributed by atoms with Crippen molar-refractivity contribution in [3.05, 3.63) is 22.7 Å². The minimum absolute atomic E-state index is 0.222. The predicted molar refractivity (Wildman–Crippen MR) is 50.7 cm³/mol. The van der Waals surface area contributed by atoms with E-state index in [1.165, 1.54) is 0 Å². The van der Waals surface area contributed by atoms with Gasteiger partial charge in [0.05, 0.1) is 6.61 Å². The van der Waals surface area contributed by atoms with Crippen molar-refractivity contribution < 1.29 is 36.5 Å². The smallest absolute Gasteiger partial charge is 0.430 e. The molecular formula is C9H6ClF5O3. The number of aliphatic hydroxyl groups is 1. The quantitative estimate of drug-likeness (QED) is 0.865. The minimum atomic E-state index is -5.10. The molecule has 0 bridgehead atoms. The summed E-state index contributed by atoms with van der Waals surface area (Å²) < 4.78 is 67.7. The van der Waals surface area contributed by atoms with E-state index >= 15 is 0 Å². The van der Waals surface area contributed by atoms with E-state index in [0.717, 1.165) is 6.07 Å². The summed E-state index contributed by atoms with van der Waals surface area (Å²) in [5.41, 5.74) is -0.345. The molecule has 1 rings (SSSR count). The monoisotopic (exact) mass is 292 g/mol. The summed E-state index contributed by atoms with van der Waals surface area (Å²) in [4.78, 5) is 0. The first-order chi connectivity index (χ1) is 8.23. The number of alkyl halides is 5. The van der Waals surface area contributed by atoms with E-state index in [0.29, 0.717) is 6.07 Å². The van der Waals surface area contributed by atoms with Gasteiger partial charge in [-0.2, -0.15) is 8.78 Å². The van der Waals surface area contributed by atoms with Gasteiger partial charge in [-0.15, -0.1) is 13.2 Å². The molecule has 1 N–H and O–H groups in total. The Bertz CT molecular complexity index is 421. The molecule has 1 aromatic carbocycles. The second-order valence-electron chi connectivity index (χ2n) is 2.98. The molecular weight excluding hydrogens is 287 g/mol. The molecule has 0 aliphatic rings. The fraction of sp³-hybridized carbons (Fsp3) is 0.333. The zero-order valence-corrected chi connectivity index (χ0v) is 9.23. The number of halogens is 6. The maximum absolute atomic E-state index is 12.1. The van der Waals surface area contributed by atoms with Crippen LogP contribution in [-0.4, -0.2) is 18.1 Å². The third-order valence-corrected chi connectivity index (χ3v) is 1.92. The lowest BCUT2D eigenvalue weighted by Gasteiger charge is -2.16. The summed E-state index contributed by atoms with van der Waals surface area (Å²) in [6, 6.07) is 1.65. The van der Waals surface area contributed by atoms with E-state index in [2.05, 4.69) is 9.47 Å². The Morgan fingerprint density at radius 1 is 1.28 bits per heavy atom. The molecule has 102 valence electrons. The van der Waals surface area contributed by atoms with Crippen molar-refractivity contribution in [2.75, 3.05) is 0 Å². The Morgan fingerprint density at radius 3 is 2.33 bits per heavy atom. The molecule has 0 aromatic heterocycles. The Hall–Kier alpha value is -1.28. The summed E-state index contributed by atoms with van der Waals surface area (Å²) in [6.45, 7) is -4.20. The topological polar surface area (TPSA) is 38.7 Å². The minimum Gasteiger partial charge on any atom is -0.430 e. The van der Waals surface area contributed by atoms with Gasteiger partial charge in [0.25, 0.3) is 0 Å². The van der Waals surface area contributed by atoms with Crippen LogP contribution in [0.5, 0.6) is 11.5 Å². The second kappa shape index (κ2) is 5.57. The van der Waals surface area contributed by atoms with E-state index in [1.807, 2.05) is 0 Å². The maximum Gasteiger partial charge on any atom is 0.573 e. The van der Waals surface area contributed by atoms with Gasteiger partial charge in [0.1, 0.15) is 0 Å². The molecule has 18 heavy (non-hydrogen) atoms. The van der Waals surface area contributed by atoms with Crippen molar-refractivity contribution in [3.63, 3.8) is 0 Å². The summed E-state index contributed by atoms with van der Waals surface area (Å²) >= 11 is 5.46. The first-order valence-electron chi connectivity index (χ1n) is 4.36. The van der Waals surface area contributed by atoms with Crippen LogP contribution in [0.2, 0.25) is 5.02 Å². The molecule has 0 amide bonds. The molecule has 0 saturated heterocycles. The number of hydrogen-bond acceptors (Lipinski definition) is 3. The highest BCUT2D eigenvalue weighted by Crippen LogP contribution is 2.38. The van der Waals surface area contributed by atoms with Gasteiger partial charge in [-0.25, -0.2) is 0 Å². The van der Waals surface area contributed by atoms with Gasteiger partial charge in [0.15, 0.2) is 11.5 Å². The molecule has 0 aliphatic heterocycles. The Morgan fingerprint density at radius 2 is 1.89 bits per heavy atom. The molecule has 0 unspecified atom stereocenters. The Labute approximate surface area is 103 Å². The highest BCUT2D eigenvalue weighted by Gasteiger charge is 2.33. The third kappa shape index (κ3) is 4.19. The van der Waals surface area contributed by atoms with E-state index in [4.69, 9.17) is 16.7 Å². The highest BCUT2D eigenvalue weighted by atomic mass is 35.5. The first kappa shape index (κ1) is 14.8. The van der Waals surface area contributed by atoms with Gasteiger partial charge in [-0.05, 0) is 6.07 Å². The van der Waals surface area contributed by atoms with Crippen molar-refractivity contribution in [1.29, 1.82) is 0 Å². The lowest BCUT2D eigenvalue weighted by Crippen LogP contribution is -2.18. The van der Waals surface area contributed by atoms with E-state index in [9.17, 15) is 22.0 Å². The van der Waals surface area contributed by atoms with Gasteiger partial charge in [-0.1, -0.05) is 11.6 Å². The van der Waals surface area contributed by atoms with Crippen LogP contribution in [-0.2, 0) is 6.61 Å². The molecule has 0 atom stereocenters. The molecule has 3 nitrogen and oxygen atoms in total. The Kier molecular flexibility index (Phi) is 4.58. The SMILES string of the molecule is OCc1cc(Cl)cc(OC(F)(F)F)c1OC(F)F. The fourth-order valence-corrected chi connectivity index (χ4v) is 1.39. The molecule has 9 heteroatoms. The van der Waals surface area contributed by atoms with Crippen LogP contribution in [0.1, 0.15) is 5.56 Å². The zero-order chi connectivity index (χ0) is 13.9. The van der Waals surface area contributed by atoms with Crippen LogP contribution in [0.15, 0.2) is 12.1 Å². The van der Waals surface area contributed by atoms with E-state index < -0.39 is 31.1 Å². The molecule has 0 fully saturated rings. The first-order valence-corrected chi connectivity index (χ1v) is 4.74. The van der Waals surface area contributed by atoms with Crippen LogP contribution in [0.4, 0.5) is 22.0 Å². The fourth-order valence-electron chi connectivity index (χ4n) is 1.16. The number of aliphatic hydroxyl groups excluding tert-OH is 1. The largest absolute Gasteiger partial charge is 0.573 e. The lowest BCUT2D eigenvalue weighted by atomic mass is 10.2. The van der Waals surface area contributed by atoms with Crippen LogP contribution in [0.3, 0.4) is 0 Å². The standard InChI is InChI=1S/C9H6ClF5O3/c10-5-1-4(3-16)7(17-8(11)12)6(2-5)18-9(13,14)15/h1-2,8,16H,3H2. The average molecular weight is 293 g/mol. The maximum atomic E-state index is 12.1. The molecule has 0 aliphatic carbocycles. The van der Waals surface area contributed by atoms with E-state index in [-0.39, 0.29) is 10.6 Å². The van der Waals surface area contributed by atoms with Crippen molar-refractivity contribution >= 4 is 11.6 Å². The highest BCUT2D eigenvalue weighted by molar-refractivity contribution is 6.30. The molecule has 1 aromatic rings. The van der Waals surface area contributed by atoms with Crippen LogP contribution in [0.25, 0.3) is 0 Å². The lowest BCUT2D eigenvalue weighted by molar-refractivity contribution is -0.275. The average Bonchev–Trinajstić information content (AvgIpc) is 2.18. The van der Waals surface area contributed by atoms with Crippen LogP contribution >= 0.6 is 11.6 Å². The Balaban J connectivity index is 3.23. The van der Waals surface area contributed by atoms with Gasteiger partial charge in [-0.3, -0.25) is 0 Å².